The second kappa shape index (κ2) is 6.61. The van der Waals surface area contributed by atoms with Crippen molar-refractivity contribution in [3.05, 3.63) is 51.5 Å². The molecule has 2 N–H and O–H groups in total. The standard InChI is InChI=1S/C20H21Cl2N3O/c21-13-1-2-18(17(22)8-13)24-14-7-12-11-26-6-5-25-19-3-4-23-10-16(19)15(9-14)20(12)25/h1-2,7-9,16,19,23-24H,3-6,10-11H2/t16-,19-/m0/s1. The largest absolute Gasteiger partial charge is 0.375 e. The molecule has 0 amide bonds. The van der Waals surface area contributed by atoms with Gasteiger partial charge in [-0.3, -0.25) is 0 Å². The second-order valence-electron chi connectivity index (χ2n) is 7.23. The summed E-state index contributed by atoms with van der Waals surface area (Å²) in [7, 11) is 0. The Morgan fingerprint density at radius 3 is 3.00 bits per heavy atom. The third kappa shape index (κ3) is 2.76. The van der Waals surface area contributed by atoms with Crippen LogP contribution in [0.15, 0.2) is 30.3 Å². The highest BCUT2D eigenvalue weighted by Crippen LogP contribution is 2.47. The first-order valence-electron chi connectivity index (χ1n) is 9.15. The normalized spacial score (nSPS) is 24.0. The van der Waals surface area contributed by atoms with E-state index in [1.54, 1.807) is 6.07 Å². The van der Waals surface area contributed by atoms with Gasteiger partial charge in [-0.2, -0.15) is 0 Å². The second-order valence-corrected chi connectivity index (χ2v) is 8.08. The zero-order chi connectivity index (χ0) is 17.7. The zero-order valence-corrected chi connectivity index (χ0v) is 15.9. The van der Waals surface area contributed by atoms with Crippen LogP contribution in [0.4, 0.5) is 17.1 Å². The van der Waals surface area contributed by atoms with Gasteiger partial charge in [0.25, 0.3) is 0 Å². The Kier molecular flexibility index (Phi) is 4.24. The van der Waals surface area contributed by atoms with E-state index in [2.05, 4.69) is 27.7 Å². The maximum absolute atomic E-state index is 6.35. The molecule has 3 aliphatic heterocycles. The Balaban J connectivity index is 1.57. The van der Waals surface area contributed by atoms with Gasteiger partial charge in [0.1, 0.15) is 0 Å². The molecule has 2 atom stereocenters. The van der Waals surface area contributed by atoms with E-state index in [0.717, 1.165) is 37.6 Å². The molecular weight excluding hydrogens is 369 g/mol. The summed E-state index contributed by atoms with van der Waals surface area (Å²) in [5.74, 6) is 0.540. The quantitative estimate of drug-likeness (QED) is 0.790. The summed E-state index contributed by atoms with van der Waals surface area (Å²) in [6.07, 6.45) is 1.19. The van der Waals surface area contributed by atoms with Gasteiger partial charge in [0.15, 0.2) is 0 Å². The van der Waals surface area contributed by atoms with E-state index in [4.69, 9.17) is 27.9 Å². The molecule has 3 aliphatic rings. The van der Waals surface area contributed by atoms with E-state index >= 15 is 0 Å². The van der Waals surface area contributed by atoms with Crippen LogP contribution in [0.2, 0.25) is 10.0 Å². The summed E-state index contributed by atoms with van der Waals surface area (Å²) in [6.45, 7) is 4.57. The number of hydrogen-bond acceptors (Lipinski definition) is 4. The number of nitrogens with one attached hydrogen (secondary N) is 2. The van der Waals surface area contributed by atoms with Crippen LogP contribution in [0.5, 0.6) is 0 Å². The fourth-order valence-corrected chi connectivity index (χ4v) is 5.06. The first-order valence-corrected chi connectivity index (χ1v) is 9.90. The Labute approximate surface area is 163 Å². The molecule has 3 heterocycles. The molecule has 6 heteroatoms. The third-order valence-electron chi connectivity index (χ3n) is 5.70. The van der Waals surface area contributed by atoms with Gasteiger partial charge < -0.3 is 20.3 Å². The van der Waals surface area contributed by atoms with Gasteiger partial charge in [0, 0.05) is 47.0 Å². The smallest absolute Gasteiger partial charge is 0.0738 e. The topological polar surface area (TPSA) is 36.5 Å². The zero-order valence-electron chi connectivity index (χ0n) is 14.4. The van der Waals surface area contributed by atoms with Crippen molar-refractivity contribution in [1.82, 2.24) is 5.32 Å². The van der Waals surface area contributed by atoms with Crippen molar-refractivity contribution in [2.45, 2.75) is 25.0 Å². The maximum Gasteiger partial charge on any atom is 0.0738 e. The van der Waals surface area contributed by atoms with Crippen LogP contribution in [-0.2, 0) is 11.3 Å². The molecule has 0 aromatic heterocycles. The Morgan fingerprint density at radius 2 is 2.12 bits per heavy atom. The highest BCUT2D eigenvalue weighted by atomic mass is 35.5. The van der Waals surface area contributed by atoms with Crippen molar-refractivity contribution in [3.63, 3.8) is 0 Å². The lowest BCUT2D eigenvalue weighted by molar-refractivity contribution is 0.130. The number of fused-ring (bicyclic) bond motifs is 3. The Bertz CT molecular complexity index is 857. The average molecular weight is 390 g/mol. The molecule has 26 heavy (non-hydrogen) atoms. The molecule has 2 aromatic rings. The van der Waals surface area contributed by atoms with Crippen LogP contribution < -0.4 is 15.5 Å². The number of benzene rings is 2. The van der Waals surface area contributed by atoms with Gasteiger partial charge in [-0.15, -0.1) is 0 Å². The lowest BCUT2D eigenvalue weighted by atomic mass is 9.89. The molecular formula is C20H21Cl2N3O. The minimum Gasteiger partial charge on any atom is -0.375 e. The van der Waals surface area contributed by atoms with E-state index in [1.165, 1.54) is 23.2 Å². The van der Waals surface area contributed by atoms with Crippen molar-refractivity contribution in [3.8, 4) is 0 Å². The highest BCUT2D eigenvalue weighted by molar-refractivity contribution is 6.36. The van der Waals surface area contributed by atoms with Gasteiger partial charge in [-0.05, 0) is 48.9 Å². The lowest BCUT2D eigenvalue weighted by Crippen LogP contribution is -2.44. The summed E-state index contributed by atoms with van der Waals surface area (Å²) in [6, 6.07) is 10.6. The van der Waals surface area contributed by atoms with Crippen molar-refractivity contribution in [2.75, 3.05) is 36.5 Å². The fraction of sp³-hybridized carbons (Fsp3) is 0.400. The van der Waals surface area contributed by atoms with E-state index < -0.39 is 0 Å². The molecule has 1 saturated heterocycles. The van der Waals surface area contributed by atoms with Crippen LogP contribution in [0.25, 0.3) is 0 Å². The molecule has 5 rings (SSSR count). The number of anilines is 3. The van der Waals surface area contributed by atoms with Crippen LogP contribution in [0, 0.1) is 0 Å². The SMILES string of the molecule is Clc1ccc(Nc2cc3c4c(c2)[C@@H]2CNCC[C@@H]2N4CCOC3)c(Cl)c1. The predicted octanol–water partition coefficient (Wildman–Crippen LogP) is 4.53. The maximum atomic E-state index is 6.35. The monoisotopic (exact) mass is 389 g/mol. The summed E-state index contributed by atoms with van der Waals surface area (Å²) >= 11 is 12.4. The number of halogens is 2. The van der Waals surface area contributed by atoms with Crippen LogP contribution in [0.3, 0.4) is 0 Å². The van der Waals surface area contributed by atoms with Crippen molar-refractivity contribution in [2.24, 2.45) is 0 Å². The third-order valence-corrected chi connectivity index (χ3v) is 6.24. The molecule has 0 unspecified atom stereocenters. The van der Waals surface area contributed by atoms with Crippen LogP contribution in [0.1, 0.15) is 23.5 Å². The minimum atomic E-state index is 0.540. The molecule has 0 bridgehead atoms. The molecule has 2 aromatic carbocycles. The highest BCUT2D eigenvalue weighted by Gasteiger charge is 2.41. The van der Waals surface area contributed by atoms with Gasteiger partial charge >= 0.3 is 0 Å². The molecule has 136 valence electrons. The van der Waals surface area contributed by atoms with Gasteiger partial charge in [0.2, 0.25) is 0 Å². The Hall–Kier alpha value is -1.46. The first kappa shape index (κ1) is 16.7. The van der Waals surface area contributed by atoms with Gasteiger partial charge in [-0.25, -0.2) is 0 Å². The van der Waals surface area contributed by atoms with E-state index in [9.17, 15) is 0 Å². The van der Waals surface area contributed by atoms with Gasteiger partial charge in [0.05, 0.1) is 23.9 Å². The van der Waals surface area contributed by atoms with Crippen LogP contribution >= 0.6 is 23.2 Å². The number of piperidine rings is 1. The number of nitrogens with zero attached hydrogens (tertiary/aromatic N) is 1. The first-order chi connectivity index (χ1) is 12.7. The van der Waals surface area contributed by atoms with Crippen molar-refractivity contribution in [1.29, 1.82) is 0 Å². The summed E-state index contributed by atoms with van der Waals surface area (Å²) in [4.78, 5) is 2.59. The molecule has 0 spiro atoms. The summed E-state index contributed by atoms with van der Waals surface area (Å²) in [5.41, 5.74) is 6.01. The molecule has 0 radical (unpaired) electrons. The van der Waals surface area contributed by atoms with Crippen LogP contribution in [-0.4, -0.2) is 32.3 Å². The number of hydrogen-bond donors (Lipinski definition) is 2. The molecule has 0 saturated carbocycles. The Morgan fingerprint density at radius 1 is 1.19 bits per heavy atom. The van der Waals surface area contributed by atoms with Crippen molar-refractivity contribution >= 4 is 40.3 Å². The van der Waals surface area contributed by atoms with Crippen molar-refractivity contribution < 1.29 is 4.74 Å². The minimum absolute atomic E-state index is 0.540. The predicted molar refractivity (Wildman–Crippen MR) is 107 cm³/mol. The summed E-state index contributed by atoms with van der Waals surface area (Å²) in [5, 5.41) is 8.31. The van der Waals surface area contributed by atoms with E-state index in [1.807, 2.05) is 12.1 Å². The summed E-state index contributed by atoms with van der Waals surface area (Å²) < 4.78 is 5.88. The fourth-order valence-electron chi connectivity index (χ4n) is 4.60. The molecule has 0 aliphatic carbocycles. The number of ether oxygens (including phenoxy) is 1. The molecule has 1 fully saturated rings. The molecule has 4 nitrogen and oxygen atoms in total. The van der Waals surface area contributed by atoms with E-state index in [0.29, 0.717) is 28.6 Å². The average Bonchev–Trinajstić information content (AvgIpc) is 2.80. The number of rotatable bonds is 2. The van der Waals surface area contributed by atoms with E-state index in [-0.39, 0.29) is 0 Å². The lowest BCUT2D eigenvalue weighted by Gasteiger charge is -2.33. The van der Waals surface area contributed by atoms with Gasteiger partial charge in [-0.1, -0.05) is 23.2 Å².